The summed E-state index contributed by atoms with van der Waals surface area (Å²) < 4.78 is 0. The number of benzene rings is 3. The van der Waals surface area contributed by atoms with Crippen molar-refractivity contribution in [3.05, 3.63) is 77.4 Å². The molecule has 6 rings (SSSR count). The molecule has 0 aromatic heterocycles. The number of carbonyl (C=O) groups is 1. The molecule has 1 saturated heterocycles. The predicted molar refractivity (Wildman–Crippen MR) is 134 cm³/mol. The number of likely N-dealkylation sites (tertiary alicyclic amines) is 1. The van der Waals surface area contributed by atoms with Crippen LogP contribution in [-0.4, -0.2) is 35.0 Å². The van der Waals surface area contributed by atoms with E-state index in [0.717, 1.165) is 43.6 Å². The van der Waals surface area contributed by atoms with Gasteiger partial charge in [-0.1, -0.05) is 74.9 Å². The number of amides is 1. The second-order valence-electron chi connectivity index (χ2n) is 9.82. The van der Waals surface area contributed by atoms with E-state index in [-0.39, 0.29) is 11.9 Å². The molecule has 4 heteroatoms. The minimum absolute atomic E-state index is 0.142. The maximum atomic E-state index is 13.1. The average molecular weight is 443 g/mol. The van der Waals surface area contributed by atoms with E-state index < -0.39 is 5.60 Å². The van der Waals surface area contributed by atoms with Gasteiger partial charge in [0.15, 0.2) is 5.60 Å². The number of hydrogen-bond acceptors (Lipinski definition) is 3. The molecule has 2 atom stereocenters. The molecule has 0 bridgehead atoms. The Morgan fingerprint density at radius 2 is 1.64 bits per heavy atom. The SMILES string of the molecule is CC1(O)C(=O)N(C2CCN(C3Cc4cccc5cccc3c45)CC2)c2ccccc21.CCC. The number of anilines is 1. The molecule has 3 aromatic carbocycles. The summed E-state index contributed by atoms with van der Waals surface area (Å²) in [6, 6.07) is 21.6. The van der Waals surface area contributed by atoms with Crippen LogP contribution in [0.25, 0.3) is 10.8 Å². The second-order valence-corrected chi connectivity index (χ2v) is 9.82. The fourth-order valence-electron chi connectivity index (χ4n) is 5.91. The van der Waals surface area contributed by atoms with Crippen molar-refractivity contribution in [2.24, 2.45) is 0 Å². The van der Waals surface area contributed by atoms with E-state index >= 15 is 0 Å². The van der Waals surface area contributed by atoms with Gasteiger partial charge in [-0.2, -0.15) is 0 Å². The van der Waals surface area contributed by atoms with Gasteiger partial charge in [0.05, 0.1) is 5.69 Å². The number of piperidine rings is 1. The summed E-state index contributed by atoms with van der Waals surface area (Å²) in [5.74, 6) is -0.180. The lowest BCUT2D eigenvalue weighted by Crippen LogP contribution is -2.49. The Labute approximate surface area is 196 Å². The summed E-state index contributed by atoms with van der Waals surface area (Å²) in [4.78, 5) is 17.5. The standard InChI is InChI=1S/C26H26N2O2.C3H8/c1-26(30)21-10-2-3-11-22(21)28(25(26)29)19-12-14-27(15-13-19)23-16-18-8-4-6-17-7-5-9-20(23)24(17)18;1-3-2/h2-11,19,23,30H,12-16H2,1H3;3H2,1-2H3. The average Bonchev–Trinajstić information content (AvgIpc) is 3.30. The van der Waals surface area contributed by atoms with Gasteiger partial charge in [-0.3, -0.25) is 9.69 Å². The van der Waals surface area contributed by atoms with Crippen molar-refractivity contribution < 1.29 is 9.90 Å². The van der Waals surface area contributed by atoms with Gasteiger partial charge in [-0.05, 0) is 54.2 Å². The van der Waals surface area contributed by atoms with Crippen LogP contribution in [0.2, 0.25) is 0 Å². The lowest BCUT2D eigenvalue weighted by Gasteiger charge is -2.40. The van der Waals surface area contributed by atoms with E-state index in [1.165, 1.54) is 28.3 Å². The number of para-hydroxylation sites is 1. The maximum Gasteiger partial charge on any atom is 0.263 e. The maximum absolute atomic E-state index is 13.1. The molecule has 33 heavy (non-hydrogen) atoms. The number of hydrogen-bond donors (Lipinski definition) is 1. The monoisotopic (exact) mass is 442 g/mol. The van der Waals surface area contributed by atoms with Gasteiger partial charge in [0.1, 0.15) is 0 Å². The third-order valence-electron chi connectivity index (χ3n) is 7.42. The van der Waals surface area contributed by atoms with Crippen molar-refractivity contribution in [2.45, 2.75) is 64.1 Å². The van der Waals surface area contributed by atoms with Crippen molar-refractivity contribution in [2.75, 3.05) is 18.0 Å². The van der Waals surface area contributed by atoms with E-state index in [2.05, 4.69) is 55.1 Å². The van der Waals surface area contributed by atoms with Crippen LogP contribution in [0.3, 0.4) is 0 Å². The van der Waals surface area contributed by atoms with Gasteiger partial charge in [-0.25, -0.2) is 0 Å². The van der Waals surface area contributed by atoms with E-state index in [9.17, 15) is 9.90 Å². The summed E-state index contributed by atoms with van der Waals surface area (Å²) in [5.41, 5.74) is 3.09. The highest BCUT2D eigenvalue weighted by Crippen LogP contribution is 2.44. The van der Waals surface area contributed by atoms with Crippen LogP contribution in [0.4, 0.5) is 5.69 Å². The number of rotatable bonds is 2. The van der Waals surface area contributed by atoms with Crippen LogP contribution in [0.5, 0.6) is 0 Å². The molecule has 1 fully saturated rings. The third-order valence-corrected chi connectivity index (χ3v) is 7.42. The summed E-state index contributed by atoms with van der Waals surface area (Å²) in [5, 5.41) is 13.6. The molecule has 3 aromatic rings. The summed E-state index contributed by atoms with van der Waals surface area (Å²) >= 11 is 0. The van der Waals surface area contributed by atoms with Gasteiger partial charge in [-0.15, -0.1) is 0 Å². The van der Waals surface area contributed by atoms with Crippen molar-refractivity contribution in [1.29, 1.82) is 0 Å². The Morgan fingerprint density at radius 3 is 2.36 bits per heavy atom. The first-order valence-electron chi connectivity index (χ1n) is 12.4. The summed E-state index contributed by atoms with van der Waals surface area (Å²) in [7, 11) is 0. The molecule has 0 spiro atoms. The molecule has 2 aliphatic heterocycles. The van der Waals surface area contributed by atoms with Gasteiger partial charge in [0, 0.05) is 30.7 Å². The predicted octanol–water partition coefficient (Wildman–Crippen LogP) is 5.57. The smallest absolute Gasteiger partial charge is 0.263 e. The molecule has 4 nitrogen and oxygen atoms in total. The number of aliphatic hydroxyl groups is 1. The normalized spacial score (nSPS) is 24.7. The van der Waals surface area contributed by atoms with E-state index in [0.29, 0.717) is 6.04 Å². The van der Waals surface area contributed by atoms with Gasteiger partial charge >= 0.3 is 0 Å². The number of carbonyl (C=O) groups excluding carboxylic acids is 1. The fourth-order valence-corrected chi connectivity index (χ4v) is 5.91. The van der Waals surface area contributed by atoms with E-state index in [4.69, 9.17) is 0 Å². The molecule has 2 unspecified atom stereocenters. The Hall–Kier alpha value is -2.69. The molecule has 1 N–H and O–H groups in total. The topological polar surface area (TPSA) is 43.8 Å². The fraction of sp³-hybridized carbons (Fsp3) is 0.414. The molecule has 1 amide bonds. The first-order valence-corrected chi connectivity index (χ1v) is 12.4. The van der Waals surface area contributed by atoms with E-state index in [1.807, 2.05) is 29.2 Å². The highest BCUT2D eigenvalue weighted by molar-refractivity contribution is 6.07. The van der Waals surface area contributed by atoms with Crippen molar-refractivity contribution in [1.82, 2.24) is 4.90 Å². The largest absolute Gasteiger partial charge is 0.375 e. The van der Waals surface area contributed by atoms with Crippen LogP contribution in [0.1, 0.15) is 62.8 Å². The zero-order valence-electron chi connectivity index (χ0n) is 19.9. The second kappa shape index (κ2) is 8.58. The van der Waals surface area contributed by atoms with Crippen LogP contribution in [0.15, 0.2) is 60.7 Å². The molecule has 0 radical (unpaired) electrons. The summed E-state index contributed by atoms with van der Waals surface area (Å²) in [6.07, 6.45) is 4.18. The first kappa shape index (κ1) is 22.1. The third kappa shape index (κ3) is 3.56. The lowest BCUT2D eigenvalue weighted by atomic mass is 9.98. The Bertz CT molecular complexity index is 1170. The van der Waals surface area contributed by atoms with Crippen molar-refractivity contribution in [3.63, 3.8) is 0 Å². The first-order chi connectivity index (χ1) is 16.0. The quantitative estimate of drug-likeness (QED) is 0.564. The number of fused-ring (bicyclic) bond motifs is 1. The Kier molecular flexibility index (Phi) is 5.75. The highest BCUT2D eigenvalue weighted by Gasteiger charge is 2.48. The van der Waals surface area contributed by atoms with Crippen molar-refractivity contribution in [3.8, 4) is 0 Å². The van der Waals surface area contributed by atoms with Crippen LogP contribution < -0.4 is 4.90 Å². The molecule has 0 saturated carbocycles. The van der Waals surface area contributed by atoms with Crippen LogP contribution in [-0.2, 0) is 16.8 Å². The zero-order valence-corrected chi connectivity index (χ0v) is 19.9. The van der Waals surface area contributed by atoms with Gasteiger partial charge < -0.3 is 10.0 Å². The van der Waals surface area contributed by atoms with Crippen LogP contribution in [0, 0.1) is 0 Å². The minimum Gasteiger partial charge on any atom is -0.375 e. The minimum atomic E-state index is -1.42. The highest BCUT2D eigenvalue weighted by atomic mass is 16.3. The molecule has 1 aliphatic carbocycles. The Balaban J connectivity index is 0.000000724. The zero-order chi connectivity index (χ0) is 23.2. The molecule has 3 aliphatic rings. The lowest BCUT2D eigenvalue weighted by molar-refractivity contribution is -0.135. The molecular weight excluding hydrogens is 408 g/mol. The molecular formula is C29H34N2O2. The van der Waals surface area contributed by atoms with Crippen LogP contribution >= 0.6 is 0 Å². The van der Waals surface area contributed by atoms with E-state index in [1.54, 1.807) is 6.92 Å². The molecule has 172 valence electrons. The summed E-state index contributed by atoms with van der Waals surface area (Å²) in [6.45, 7) is 7.81. The molecule has 2 heterocycles. The number of nitrogens with zero attached hydrogens (tertiary/aromatic N) is 2. The van der Waals surface area contributed by atoms with Crippen molar-refractivity contribution >= 4 is 22.4 Å². The Morgan fingerprint density at radius 1 is 0.970 bits per heavy atom. The van der Waals surface area contributed by atoms with Gasteiger partial charge in [0.2, 0.25) is 0 Å². The van der Waals surface area contributed by atoms with Gasteiger partial charge in [0.25, 0.3) is 5.91 Å².